The summed E-state index contributed by atoms with van der Waals surface area (Å²) in [6, 6.07) is 7.04. The molecule has 1 atom stereocenters. The summed E-state index contributed by atoms with van der Waals surface area (Å²) in [4.78, 5) is 11.2. The van der Waals surface area contributed by atoms with E-state index >= 15 is 0 Å². The number of aromatic nitrogens is 2. The summed E-state index contributed by atoms with van der Waals surface area (Å²) in [5, 5.41) is 21.0. The smallest absolute Gasteiger partial charge is 0.326 e. The molecule has 0 saturated heterocycles. The van der Waals surface area contributed by atoms with Crippen LogP contribution in [0.2, 0.25) is 0 Å². The van der Waals surface area contributed by atoms with Gasteiger partial charge in [0.25, 0.3) is 0 Å². The van der Waals surface area contributed by atoms with Crippen molar-refractivity contribution in [3.8, 4) is 10.6 Å². The van der Waals surface area contributed by atoms with Gasteiger partial charge in [0, 0.05) is 11.3 Å². The number of anilines is 1. The lowest BCUT2D eigenvalue weighted by molar-refractivity contribution is -0.138. The number of carboxylic acid groups (broad SMARTS) is 1. The first-order valence-corrected chi connectivity index (χ1v) is 7.44. The van der Waals surface area contributed by atoms with Crippen molar-refractivity contribution in [3.63, 3.8) is 0 Å². The molecule has 20 heavy (non-hydrogen) atoms. The Hall–Kier alpha value is -1.95. The first-order chi connectivity index (χ1) is 9.70. The maximum atomic E-state index is 11.2. The molecule has 0 aliphatic heterocycles. The first kappa shape index (κ1) is 14.5. The Balaban J connectivity index is 2.12. The van der Waals surface area contributed by atoms with Gasteiger partial charge in [-0.25, -0.2) is 4.79 Å². The number of hydrogen-bond donors (Lipinski definition) is 2. The summed E-state index contributed by atoms with van der Waals surface area (Å²) < 4.78 is 0. The lowest BCUT2D eigenvalue weighted by atomic mass is 10.1. The number of hydrogen-bond acceptors (Lipinski definition) is 5. The summed E-state index contributed by atoms with van der Waals surface area (Å²) in [6.07, 6.45) is 2.49. The van der Waals surface area contributed by atoms with Crippen molar-refractivity contribution in [2.45, 2.75) is 32.2 Å². The van der Waals surface area contributed by atoms with Gasteiger partial charge in [0.05, 0.1) is 0 Å². The fourth-order valence-electron chi connectivity index (χ4n) is 1.91. The van der Waals surface area contributed by atoms with Gasteiger partial charge >= 0.3 is 5.97 Å². The van der Waals surface area contributed by atoms with Crippen LogP contribution in [0.1, 0.15) is 26.2 Å². The van der Waals surface area contributed by atoms with E-state index in [0.29, 0.717) is 6.42 Å². The fraction of sp³-hybridized carbons (Fsp3) is 0.357. The Morgan fingerprint density at radius 1 is 1.50 bits per heavy atom. The standard InChI is InChI=1S/C14H17N3O2S/c1-2-3-7-12(14(18)19)16-11-6-4-5-10(8-11)13-17-15-9-20-13/h4-6,8-9,12,16H,2-3,7H2,1H3,(H,18,19). The number of unbranched alkanes of at least 4 members (excludes halogenated alkanes) is 1. The van der Waals surface area contributed by atoms with E-state index < -0.39 is 12.0 Å². The predicted octanol–water partition coefficient (Wildman–Crippen LogP) is 3.26. The van der Waals surface area contributed by atoms with E-state index in [4.69, 9.17) is 0 Å². The van der Waals surface area contributed by atoms with Crippen LogP contribution in [-0.2, 0) is 4.79 Å². The Morgan fingerprint density at radius 2 is 2.35 bits per heavy atom. The lowest BCUT2D eigenvalue weighted by Gasteiger charge is -2.15. The van der Waals surface area contributed by atoms with Gasteiger partial charge in [-0.3, -0.25) is 0 Å². The SMILES string of the molecule is CCCCC(Nc1cccc(-c2nncs2)c1)C(=O)O. The zero-order valence-corrected chi connectivity index (χ0v) is 12.1. The Bertz CT molecular complexity index is 557. The number of benzene rings is 1. The molecule has 0 aliphatic carbocycles. The van der Waals surface area contributed by atoms with E-state index in [1.54, 1.807) is 5.51 Å². The molecule has 2 aromatic rings. The third-order valence-electron chi connectivity index (χ3n) is 2.95. The summed E-state index contributed by atoms with van der Waals surface area (Å²) in [7, 11) is 0. The van der Waals surface area contributed by atoms with Gasteiger partial charge in [-0.15, -0.1) is 10.2 Å². The topological polar surface area (TPSA) is 75.1 Å². The highest BCUT2D eigenvalue weighted by Crippen LogP contribution is 2.24. The van der Waals surface area contributed by atoms with Crippen LogP contribution in [0.25, 0.3) is 10.6 Å². The van der Waals surface area contributed by atoms with Crippen molar-refractivity contribution < 1.29 is 9.90 Å². The van der Waals surface area contributed by atoms with E-state index in [1.807, 2.05) is 24.3 Å². The highest BCUT2D eigenvalue weighted by atomic mass is 32.1. The number of nitrogens with zero attached hydrogens (tertiary/aromatic N) is 2. The Kier molecular flexibility index (Phi) is 5.06. The molecule has 2 rings (SSSR count). The number of carbonyl (C=O) groups is 1. The molecular weight excluding hydrogens is 274 g/mol. The zero-order chi connectivity index (χ0) is 14.4. The van der Waals surface area contributed by atoms with Crippen molar-refractivity contribution >= 4 is 23.0 Å². The minimum absolute atomic E-state index is 0.556. The predicted molar refractivity (Wildman–Crippen MR) is 79.9 cm³/mol. The number of aliphatic carboxylic acids is 1. The Labute approximate surface area is 121 Å². The molecule has 0 radical (unpaired) electrons. The van der Waals surface area contributed by atoms with E-state index in [0.717, 1.165) is 29.1 Å². The zero-order valence-electron chi connectivity index (χ0n) is 11.2. The summed E-state index contributed by atoms with van der Waals surface area (Å²) in [6.45, 7) is 2.05. The molecule has 0 aliphatic rings. The van der Waals surface area contributed by atoms with Gasteiger partial charge < -0.3 is 10.4 Å². The number of nitrogens with one attached hydrogen (secondary N) is 1. The van der Waals surface area contributed by atoms with E-state index in [2.05, 4.69) is 22.4 Å². The average molecular weight is 291 g/mol. The third kappa shape index (κ3) is 3.77. The minimum Gasteiger partial charge on any atom is -0.480 e. The van der Waals surface area contributed by atoms with Crippen molar-refractivity contribution in [2.75, 3.05) is 5.32 Å². The largest absolute Gasteiger partial charge is 0.480 e. The van der Waals surface area contributed by atoms with E-state index in [1.165, 1.54) is 11.3 Å². The molecule has 106 valence electrons. The normalized spacial score (nSPS) is 12.1. The van der Waals surface area contributed by atoms with Crippen molar-refractivity contribution in [1.82, 2.24) is 10.2 Å². The molecule has 0 amide bonds. The fourth-order valence-corrected chi connectivity index (χ4v) is 2.46. The van der Waals surface area contributed by atoms with Crippen molar-refractivity contribution in [2.24, 2.45) is 0 Å². The maximum absolute atomic E-state index is 11.2. The van der Waals surface area contributed by atoms with Gasteiger partial charge in [0.1, 0.15) is 16.6 Å². The van der Waals surface area contributed by atoms with Crippen LogP contribution < -0.4 is 5.32 Å². The van der Waals surface area contributed by atoms with Crippen LogP contribution in [0.4, 0.5) is 5.69 Å². The van der Waals surface area contributed by atoms with Crippen LogP contribution >= 0.6 is 11.3 Å². The van der Waals surface area contributed by atoms with Crippen molar-refractivity contribution in [3.05, 3.63) is 29.8 Å². The van der Waals surface area contributed by atoms with E-state index in [-0.39, 0.29) is 0 Å². The maximum Gasteiger partial charge on any atom is 0.326 e. The van der Waals surface area contributed by atoms with Crippen LogP contribution in [-0.4, -0.2) is 27.3 Å². The van der Waals surface area contributed by atoms with Gasteiger partial charge in [0.15, 0.2) is 0 Å². The number of rotatable bonds is 7. The molecule has 6 heteroatoms. The highest BCUT2D eigenvalue weighted by molar-refractivity contribution is 7.12. The summed E-state index contributed by atoms with van der Waals surface area (Å²) >= 11 is 1.46. The summed E-state index contributed by atoms with van der Waals surface area (Å²) in [5.74, 6) is -0.820. The Morgan fingerprint density at radius 3 is 3.00 bits per heavy atom. The molecule has 1 unspecified atom stereocenters. The molecular formula is C14H17N3O2S. The van der Waals surface area contributed by atoms with Crippen LogP contribution in [0, 0.1) is 0 Å². The van der Waals surface area contributed by atoms with Gasteiger partial charge in [-0.05, 0) is 18.6 Å². The quantitative estimate of drug-likeness (QED) is 0.819. The van der Waals surface area contributed by atoms with Crippen LogP contribution in [0.3, 0.4) is 0 Å². The van der Waals surface area contributed by atoms with Gasteiger partial charge in [-0.1, -0.05) is 43.2 Å². The van der Waals surface area contributed by atoms with Crippen molar-refractivity contribution in [1.29, 1.82) is 0 Å². The van der Waals surface area contributed by atoms with E-state index in [9.17, 15) is 9.90 Å². The molecule has 5 nitrogen and oxygen atoms in total. The van der Waals surface area contributed by atoms with Crippen LogP contribution in [0.5, 0.6) is 0 Å². The molecule has 0 fully saturated rings. The second-order valence-corrected chi connectivity index (χ2v) is 5.34. The third-order valence-corrected chi connectivity index (χ3v) is 3.70. The van der Waals surface area contributed by atoms with Gasteiger partial charge in [0.2, 0.25) is 0 Å². The second kappa shape index (κ2) is 7.00. The molecule has 0 saturated carbocycles. The molecule has 0 bridgehead atoms. The highest BCUT2D eigenvalue weighted by Gasteiger charge is 2.16. The summed E-state index contributed by atoms with van der Waals surface area (Å²) in [5.41, 5.74) is 3.41. The number of carboxylic acids is 1. The molecule has 2 N–H and O–H groups in total. The average Bonchev–Trinajstić information content (AvgIpc) is 2.97. The lowest BCUT2D eigenvalue weighted by Crippen LogP contribution is -2.29. The molecule has 0 spiro atoms. The molecule has 1 aromatic carbocycles. The molecule has 1 heterocycles. The van der Waals surface area contributed by atoms with Crippen LogP contribution in [0.15, 0.2) is 29.8 Å². The van der Waals surface area contributed by atoms with Gasteiger partial charge in [-0.2, -0.15) is 0 Å². The minimum atomic E-state index is -0.820. The molecule has 1 aromatic heterocycles. The monoisotopic (exact) mass is 291 g/mol. The first-order valence-electron chi connectivity index (χ1n) is 6.56. The second-order valence-electron chi connectivity index (χ2n) is 4.50.